The molecule has 4 heteroatoms. The van der Waals surface area contributed by atoms with Gasteiger partial charge in [-0.15, -0.1) is 0 Å². The van der Waals surface area contributed by atoms with Gasteiger partial charge in [-0.25, -0.2) is 0 Å². The Hall–Kier alpha value is -0.710. The molecule has 0 aromatic carbocycles. The fourth-order valence-corrected chi connectivity index (χ4v) is 4.50. The van der Waals surface area contributed by atoms with Crippen molar-refractivity contribution in [2.24, 2.45) is 16.7 Å². The molecule has 0 heterocycles. The lowest BCUT2D eigenvalue weighted by molar-refractivity contribution is -0.187. The van der Waals surface area contributed by atoms with E-state index in [9.17, 15) is 20.1 Å². The predicted octanol–water partition coefficient (Wildman–Crippen LogP) is 0.486. The molecular weight excluding hydrogens is 244 g/mol. The highest BCUT2D eigenvalue weighted by Crippen LogP contribution is 2.68. The van der Waals surface area contributed by atoms with E-state index < -0.39 is 34.1 Å². The Labute approximate surface area is 113 Å². The number of hydrogen-bond donors (Lipinski definition) is 3. The maximum Gasteiger partial charge on any atom is 0.148 e. The van der Waals surface area contributed by atoms with E-state index in [1.54, 1.807) is 0 Å². The maximum absolute atomic E-state index is 11.2. The van der Waals surface area contributed by atoms with Crippen molar-refractivity contribution < 1.29 is 20.1 Å². The van der Waals surface area contributed by atoms with Gasteiger partial charge in [0, 0.05) is 23.3 Å². The Bertz CT molecular complexity index is 483. The number of carbonyl (C=O) groups excluding carboxylic acids is 1. The van der Waals surface area contributed by atoms with E-state index in [1.807, 2.05) is 20.8 Å². The van der Waals surface area contributed by atoms with Gasteiger partial charge >= 0.3 is 0 Å². The van der Waals surface area contributed by atoms with E-state index in [4.69, 9.17) is 0 Å². The average molecular weight is 264 g/mol. The molecule has 19 heavy (non-hydrogen) atoms. The lowest BCUT2D eigenvalue weighted by Gasteiger charge is -2.62. The third kappa shape index (κ3) is 1.28. The van der Waals surface area contributed by atoms with Crippen LogP contribution in [-0.2, 0) is 4.79 Å². The second kappa shape index (κ2) is 3.30. The lowest BCUT2D eigenvalue weighted by Crippen LogP contribution is -2.69. The first-order valence-corrected chi connectivity index (χ1v) is 6.67. The van der Waals surface area contributed by atoms with Crippen LogP contribution in [0.5, 0.6) is 0 Å². The summed E-state index contributed by atoms with van der Waals surface area (Å²) in [6.45, 7) is 5.62. The molecule has 2 fully saturated rings. The van der Waals surface area contributed by atoms with Gasteiger partial charge in [0.2, 0.25) is 0 Å². The van der Waals surface area contributed by atoms with Crippen LogP contribution in [0.3, 0.4) is 0 Å². The minimum atomic E-state index is -1.44. The largest absolute Gasteiger partial charge is 0.392 e. The molecule has 0 aromatic heterocycles. The van der Waals surface area contributed by atoms with E-state index in [-0.39, 0.29) is 5.57 Å². The highest BCUT2D eigenvalue weighted by atomic mass is 16.3. The van der Waals surface area contributed by atoms with Gasteiger partial charge in [-0.1, -0.05) is 20.8 Å². The Balaban J connectivity index is 2.20. The zero-order valence-electron chi connectivity index (χ0n) is 11.5. The molecule has 0 bridgehead atoms. The fraction of sp³-hybridized carbons (Fsp3) is 0.733. The zero-order chi connectivity index (χ0) is 14.3. The molecule has 3 N–H and O–H groups in total. The van der Waals surface area contributed by atoms with Crippen LogP contribution in [0.25, 0.3) is 0 Å². The molecule has 0 aliphatic heterocycles. The summed E-state index contributed by atoms with van der Waals surface area (Å²) in [7, 11) is 0. The normalized spacial score (nSPS) is 54.7. The molecule has 3 aliphatic carbocycles. The quantitative estimate of drug-likeness (QED) is 0.602. The van der Waals surface area contributed by atoms with Gasteiger partial charge < -0.3 is 15.3 Å². The van der Waals surface area contributed by atoms with Crippen LogP contribution in [-0.4, -0.2) is 38.9 Å². The fourth-order valence-electron chi connectivity index (χ4n) is 4.50. The molecule has 5 atom stereocenters. The van der Waals surface area contributed by atoms with E-state index in [0.29, 0.717) is 19.1 Å². The minimum absolute atomic E-state index is 0.171. The van der Waals surface area contributed by atoms with Crippen molar-refractivity contribution in [2.75, 3.05) is 0 Å². The third-order valence-corrected chi connectivity index (χ3v) is 5.57. The number of hydrogen-bond acceptors (Lipinski definition) is 4. The molecule has 3 rings (SSSR count). The van der Waals surface area contributed by atoms with E-state index in [1.165, 1.54) is 6.08 Å². The summed E-state index contributed by atoms with van der Waals surface area (Å²) in [6, 6.07) is 0. The Morgan fingerprint density at radius 3 is 2.47 bits per heavy atom. The third-order valence-electron chi connectivity index (χ3n) is 5.57. The molecule has 0 saturated heterocycles. The molecule has 0 aromatic rings. The summed E-state index contributed by atoms with van der Waals surface area (Å²) in [6.07, 6.45) is 5.04. The van der Waals surface area contributed by atoms with Crippen molar-refractivity contribution in [3.8, 4) is 0 Å². The summed E-state index contributed by atoms with van der Waals surface area (Å²) >= 11 is 0. The highest BCUT2D eigenvalue weighted by Gasteiger charge is 2.73. The second-order valence-electron chi connectivity index (χ2n) is 7.28. The van der Waals surface area contributed by atoms with Crippen LogP contribution in [0.1, 0.15) is 33.6 Å². The van der Waals surface area contributed by atoms with Gasteiger partial charge in [-0.05, 0) is 24.3 Å². The van der Waals surface area contributed by atoms with Gasteiger partial charge in [0.15, 0.2) is 0 Å². The summed E-state index contributed by atoms with van der Waals surface area (Å²) in [5, 5.41) is 32.1. The number of rotatable bonds is 1. The molecule has 0 spiro atoms. The Morgan fingerprint density at radius 1 is 1.37 bits per heavy atom. The lowest BCUT2D eigenvalue weighted by atomic mass is 9.44. The van der Waals surface area contributed by atoms with Crippen LogP contribution in [0.15, 0.2) is 11.6 Å². The van der Waals surface area contributed by atoms with Gasteiger partial charge in [0.05, 0.1) is 11.7 Å². The first-order valence-electron chi connectivity index (χ1n) is 6.67. The Kier molecular flexibility index (Phi) is 2.31. The van der Waals surface area contributed by atoms with E-state index >= 15 is 0 Å². The molecular formula is C15H20O4. The van der Waals surface area contributed by atoms with Crippen molar-refractivity contribution in [1.29, 1.82) is 0 Å². The van der Waals surface area contributed by atoms with Crippen molar-refractivity contribution in [1.82, 2.24) is 0 Å². The van der Waals surface area contributed by atoms with E-state index in [2.05, 4.69) is 6.42 Å². The molecule has 3 aliphatic rings. The maximum atomic E-state index is 11.2. The number of carbonyl (C=O) groups is 1. The van der Waals surface area contributed by atoms with Crippen molar-refractivity contribution in [3.63, 3.8) is 0 Å². The first kappa shape index (κ1) is 13.3. The van der Waals surface area contributed by atoms with Crippen LogP contribution in [0.4, 0.5) is 0 Å². The molecule has 4 nitrogen and oxygen atoms in total. The summed E-state index contributed by atoms with van der Waals surface area (Å²) in [5.74, 6) is -0.482. The van der Waals surface area contributed by atoms with Gasteiger partial charge in [-0.3, -0.25) is 4.79 Å². The highest BCUT2D eigenvalue weighted by molar-refractivity contribution is 5.80. The smallest absolute Gasteiger partial charge is 0.148 e. The standard InChI is InChI=1S/C15H20O4/c1-12(2)8-14(18)6-9(7-16)15(19)5-4-13(15,3)10(14)11(12)17/h6-7,10-11,17-19H,4,8H2,1-3H3/t10?,11-,13-,14+,15-/m1/s1. The molecule has 1 unspecified atom stereocenters. The summed E-state index contributed by atoms with van der Waals surface area (Å²) < 4.78 is 0. The van der Waals surface area contributed by atoms with Crippen molar-refractivity contribution in [2.45, 2.75) is 50.9 Å². The topological polar surface area (TPSA) is 77.8 Å². The van der Waals surface area contributed by atoms with E-state index in [0.717, 1.165) is 0 Å². The molecule has 2 saturated carbocycles. The SMILES string of the molecule is CC1(C)C[C@@]2(O)C=C(C=O)[C@]3(O)[C]C[C@]3(C)C2[C@H]1O. The number of aliphatic hydroxyl groups is 3. The molecule has 0 amide bonds. The monoisotopic (exact) mass is 264 g/mol. The molecule has 2 radical (unpaired) electrons. The molecule has 104 valence electrons. The number of aldehydes is 1. The summed E-state index contributed by atoms with van der Waals surface area (Å²) in [5.41, 5.74) is -3.69. The van der Waals surface area contributed by atoms with Gasteiger partial charge in [0.25, 0.3) is 0 Å². The van der Waals surface area contributed by atoms with Gasteiger partial charge in [-0.2, -0.15) is 0 Å². The van der Waals surface area contributed by atoms with Crippen LogP contribution in [0, 0.1) is 23.2 Å². The summed E-state index contributed by atoms with van der Waals surface area (Å²) in [4.78, 5) is 11.2. The number of fused-ring (bicyclic) bond motifs is 3. The zero-order valence-corrected chi connectivity index (χ0v) is 11.5. The van der Waals surface area contributed by atoms with Crippen molar-refractivity contribution >= 4 is 6.29 Å². The van der Waals surface area contributed by atoms with Crippen LogP contribution in [0.2, 0.25) is 0 Å². The first-order chi connectivity index (χ1) is 8.61. The number of aliphatic hydroxyl groups excluding tert-OH is 1. The van der Waals surface area contributed by atoms with Crippen LogP contribution < -0.4 is 0 Å². The minimum Gasteiger partial charge on any atom is -0.392 e. The average Bonchev–Trinajstić information content (AvgIpc) is 2.49. The Morgan fingerprint density at radius 2 is 2.00 bits per heavy atom. The second-order valence-corrected chi connectivity index (χ2v) is 7.28. The predicted molar refractivity (Wildman–Crippen MR) is 67.9 cm³/mol. The van der Waals surface area contributed by atoms with Crippen molar-refractivity contribution in [3.05, 3.63) is 18.1 Å². The van der Waals surface area contributed by atoms with Gasteiger partial charge in [0.1, 0.15) is 11.9 Å². The van der Waals surface area contributed by atoms with Crippen LogP contribution >= 0.6 is 0 Å².